The van der Waals surface area contributed by atoms with Crippen molar-refractivity contribution in [2.45, 2.75) is 47.6 Å². The number of fused-ring (bicyclic) bond motifs is 1. The molecule has 0 aliphatic rings. The third kappa shape index (κ3) is 3.18. The Kier molecular flexibility index (Phi) is 4.41. The second-order valence-electron chi connectivity index (χ2n) is 7.06. The topological polar surface area (TPSA) is 62.7 Å². The van der Waals surface area contributed by atoms with Crippen molar-refractivity contribution in [3.8, 4) is 0 Å². The number of H-pyrrole nitrogens is 1. The SMILES string of the molecule is Cc1cc(C)c2[nH]c(C(=O)NCC(C)n3nc(C)cc3C)c(C)c2c1. The summed E-state index contributed by atoms with van der Waals surface area (Å²) in [4.78, 5) is 16.0. The van der Waals surface area contributed by atoms with Gasteiger partial charge in [-0.25, -0.2) is 0 Å². The minimum Gasteiger partial charge on any atom is -0.350 e. The molecule has 1 aromatic carbocycles. The van der Waals surface area contributed by atoms with Gasteiger partial charge in [0.25, 0.3) is 5.91 Å². The number of rotatable bonds is 4. The Balaban J connectivity index is 1.80. The first-order chi connectivity index (χ1) is 11.8. The van der Waals surface area contributed by atoms with Gasteiger partial charge in [-0.3, -0.25) is 9.48 Å². The number of aromatic amines is 1. The first kappa shape index (κ1) is 17.3. The summed E-state index contributed by atoms with van der Waals surface area (Å²) in [6, 6.07) is 6.41. The Morgan fingerprint density at radius 3 is 2.56 bits per heavy atom. The van der Waals surface area contributed by atoms with Crippen LogP contribution in [0.15, 0.2) is 18.2 Å². The fraction of sp³-hybridized carbons (Fsp3) is 0.400. The van der Waals surface area contributed by atoms with Crippen LogP contribution in [0.3, 0.4) is 0 Å². The lowest BCUT2D eigenvalue weighted by Gasteiger charge is -2.15. The fourth-order valence-electron chi connectivity index (χ4n) is 3.52. The van der Waals surface area contributed by atoms with Gasteiger partial charge in [-0.2, -0.15) is 5.10 Å². The fourth-order valence-corrected chi connectivity index (χ4v) is 3.52. The van der Waals surface area contributed by atoms with Gasteiger partial charge in [-0.15, -0.1) is 0 Å². The summed E-state index contributed by atoms with van der Waals surface area (Å²) in [5.41, 5.74) is 7.15. The van der Waals surface area contributed by atoms with Gasteiger partial charge in [-0.1, -0.05) is 11.6 Å². The number of benzene rings is 1. The number of hydrogen-bond donors (Lipinski definition) is 2. The standard InChI is InChI=1S/C20H26N4O/c1-11-7-12(2)18-17(8-11)16(6)19(22-18)20(25)21-10-15(5)24-14(4)9-13(3)23-24/h7-9,15,22H,10H2,1-6H3,(H,21,25). The van der Waals surface area contributed by atoms with Crippen molar-refractivity contribution >= 4 is 16.8 Å². The van der Waals surface area contributed by atoms with Crippen LogP contribution in [-0.4, -0.2) is 27.2 Å². The summed E-state index contributed by atoms with van der Waals surface area (Å²) >= 11 is 0. The van der Waals surface area contributed by atoms with E-state index in [1.807, 2.05) is 31.5 Å². The van der Waals surface area contributed by atoms with Gasteiger partial charge in [0, 0.05) is 23.1 Å². The largest absolute Gasteiger partial charge is 0.350 e. The third-order valence-electron chi connectivity index (χ3n) is 4.76. The highest BCUT2D eigenvalue weighted by molar-refractivity contribution is 6.01. The highest BCUT2D eigenvalue weighted by atomic mass is 16.1. The number of nitrogens with zero attached hydrogens (tertiary/aromatic N) is 2. The number of aromatic nitrogens is 3. The van der Waals surface area contributed by atoms with E-state index in [-0.39, 0.29) is 11.9 Å². The second kappa shape index (κ2) is 6.39. The summed E-state index contributed by atoms with van der Waals surface area (Å²) in [5, 5.41) is 8.65. The molecule has 25 heavy (non-hydrogen) atoms. The van der Waals surface area contributed by atoms with Gasteiger partial charge in [-0.05, 0) is 64.8 Å². The van der Waals surface area contributed by atoms with Gasteiger partial charge >= 0.3 is 0 Å². The zero-order valence-corrected chi connectivity index (χ0v) is 15.8. The van der Waals surface area contributed by atoms with Crippen LogP contribution in [0.2, 0.25) is 0 Å². The van der Waals surface area contributed by atoms with Gasteiger partial charge in [0.1, 0.15) is 5.69 Å². The maximum atomic E-state index is 12.7. The van der Waals surface area contributed by atoms with E-state index in [2.05, 4.69) is 48.3 Å². The predicted octanol–water partition coefficient (Wildman–Crippen LogP) is 3.90. The Hall–Kier alpha value is -2.56. The Bertz CT molecular complexity index is 948. The lowest BCUT2D eigenvalue weighted by molar-refractivity contribution is 0.0943. The molecule has 2 aromatic heterocycles. The van der Waals surface area contributed by atoms with Gasteiger partial charge in [0.2, 0.25) is 0 Å². The van der Waals surface area contributed by atoms with Gasteiger partial charge in [0.15, 0.2) is 0 Å². The number of carbonyl (C=O) groups excluding carboxylic acids is 1. The van der Waals surface area contributed by atoms with Crippen LogP contribution < -0.4 is 5.32 Å². The average molecular weight is 338 g/mol. The van der Waals surface area contributed by atoms with Crippen molar-refractivity contribution in [3.05, 3.63) is 52.0 Å². The van der Waals surface area contributed by atoms with E-state index in [9.17, 15) is 4.79 Å². The van der Waals surface area contributed by atoms with Crippen LogP contribution in [0.25, 0.3) is 10.9 Å². The third-order valence-corrected chi connectivity index (χ3v) is 4.76. The monoisotopic (exact) mass is 338 g/mol. The van der Waals surface area contributed by atoms with Crippen molar-refractivity contribution in [2.75, 3.05) is 6.54 Å². The molecule has 0 aliphatic heterocycles. The van der Waals surface area contributed by atoms with E-state index in [4.69, 9.17) is 0 Å². The molecule has 3 aromatic rings. The summed E-state index contributed by atoms with van der Waals surface area (Å²) in [6.07, 6.45) is 0. The first-order valence-corrected chi connectivity index (χ1v) is 8.68. The Morgan fingerprint density at radius 1 is 1.20 bits per heavy atom. The number of nitrogens with one attached hydrogen (secondary N) is 2. The summed E-state index contributed by atoms with van der Waals surface area (Å²) in [6.45, 7) is 12.8. The van der Waals surface area contributed by atoms with E-state index in [1.54, 1.807) is 0 Å². The molecule has 0 saturated heterocycles. The molecular weight excluding hydrogens is 312 g/mol. The van der Waals surface area contributed by atoms with Crippen LogP contribution in [-0.2, 0) is 0 Å². The highest BCUT2D eigenvalue weighted by Gasteiger charge is 2.17. The van der Waals surface area contributed by atoms with Crippen molar-refractivity contribution in [2.24, 2.45) is 0 Å². The van der Waals surface area contributed by atoms with Crippen LogP contribution in [0.4, 0.5) is 0 Å². The van der Waals surface area contributed by atoms with Crippen molar-refractivity contribution in [1.29, 1.82) is 0 Å². The van der Waals surface area contributed by atoms with Crippen molar-refractivity contribution in [1.82, 2.24) is 20.1 Å². The Morgan fingerprint density at radius 2 is 1.92 bits per heavy atom. The van der Waals surface area contributed by atoms with Crippen LogP contribution in [0.5, 0.6) is 0 Å². The second-order valence-corrected chi connectivity index (χ2v) is 7.06. The summed E-state index contributed by atoms with van der Waals surface area (Å²) in [5.74, 6) is -0.0702. The van der Waals surface area contributed by atoms with Crippen LogP contribution >= 0.6 is 0 Å². The molecule has 5 nitrogen and oxygen atoms in total. The molecule has 0 fully saturated rings. The normalized spacial score (nSPS) is 12.6. The molecule has 1 atom stereocenters. The molecule has 0 saturated carbocycles. The molecule has 5 heteroatoms. The molecule has 3 rings (SSSR count). The molecule has 1 amide bonds. The van der Waals surface area contributed by atoms with Gasteiger partial charge < -0.3 is 10.3 Å². The predicted molar refractivity (Wildman–Crippen MR) is 101 cm³/mol. The smallest absolute Gasteiger partial charge is 0.268 e. The number of hydrogen-bond acceptors (Lipinski definition) is 2. The zero-order valence-electron chi connectivity index (χ0n) is 15.8. The van der Waals surface area contributed by atoms with E-state index >= 15 is 0 Å². The van der Waals surface area contributed by atoms with E-state index in [1.165, 1.54) is 5.56 Å². The summed E-state index contributed by atoms with van der Waals surface area (Å²) in [7, 11) is 0. The van der Waals surface area contributed by atoms with Crippen LogP contribution in [0, 0.1) is 34.6 Å². The van der Waals surface area contributed by atoms with Gasteiger partial charge in [0.05, 0.1) is 11.7 Å². The molecular formula is C20H26N4O. The number of aryl methyl sites for hydroxylation is 5. The molecule has 2 heterocycles. The van der Waals surface area contributed by atoms with Crippen molar-refractivity contribution in [3.63, 3.8) is 0 Å². The van der Waals surface area contributed by atoms with E-state index in [0.717, 1.165) is 33.4 Å². The molecule has 0 bridgehead atoms. The molecule has 0 spiro atoms. The minimum absolute atomic E-state index is 0.0702. The van der Waals surface area contributed by atoms with E-state index in [0.29, 0.717) is 12.2 Å². The quantitative estimate of drug-likeness (QED) is 0.758. The summed E-state index contributed by atoms with van der Waals surface area (Å²) < 4.78 is 1.96. The molecule has 0 aliphatic carbocycles. The lowest BCUT2D eigenvalue weighted by atomic mass is 10.1. The number of amides is 1. The Labute approximate surface area is 148 Å². The molecule has 0 radical (unpaired) electrons. The minimum atomic E-state index is -0.0702. The zero-order chi connectivity index (χ0) is 18.3. The average Bonchev–Trinajstić information content (AvgIpc) is 3.05. The maximum absolute atomic E-state index is 12.7. The van der Waals surface area contributed by atoms with E-state index < -0.39 is 0 Å². The maximum Gasteiger partial charge on any atom is 0.268 e. The lowest BCUT2D eigenvalue weighted by Crippen LogP contribution is -2.31. The highest BCUT2D eigenvalue weighted by Crippen LogP contribution is 2.26. The van der Waals surface area contributed by atoms with Crippen LogP contribution in [0.1, 0.15) is 51.5 Å². The molecule has 2 N–H and O–H groups in total. The number of carbonyl (C=O) groups is 1. The van der Waals surface area contributed by atoms with Crippen molar-refractivity contribution < 1.29 is 4.79 Å². The molecule has 132 valence electrons. The first-order valence-electron chi connectivity index (χ1n) is 8.68. The molecule has 1 unspecified atom stereocenters.